The number of carbonyl (C=O) groups is 3. The van der Waals surface area contributed by atoms with Crippen LogP contribution in [-0.4, -0.2) is 17.8 Å². The first-order valence-corrected chi connectivity index (χ1v) is 10.6. The Kier molecular flexibility index (Phi) is 5.15. The van der Waals surface area contributed by atoms with Crippen LogP contribution in [0.4, 0.5) is 5.69 Å². The van der Waals surface area contributed by atoms with Gasteiger partial charge in [0.25, 0.3) is 0 Å². The molecule has 0 unspecified atom stereocenters. The van der Waals surface area contributed by atoms with Gasteiger partial charge in [0, 0.05) is 0 Å². The van der Waals surface area contributed by atoms with Crippen molar-refractivity contribution in [3.8, 4) is 16.9 Å². The molecule has 0 bridgehead atoms. The minimum Gasteiger partial charge on any atom is -0.423 e. The standard InChI is InChI=1S/C27H21NO4/c29-25-23-11-4-5-12-24(23)26(30)28(25)21-10-6-9-20(17-21)27(31)32-22-15-13-19(14-16-22)18-7-2-1-3-8-18/h1-10,13-17,23-24H,11-12H2/t23-,24-/m1/s1. The predicted octanol–water partition coefficient (Wildman–Crippen LogP) is 5.03. The Balaban J connectivity index is 1.33. The molecule has 0 spiro atoms. The lowest BCUT2D eigenvalue weighted by atomic mass is 9.85. The second-order valence-electron chi connectivity index (χ2n) is 8.00. The van der Waals surface area contributed by atoms with E-state index in [0.29, 0.717) is 24.3 Å². The van der Waals surface area contributed by atoms with Gasteiger partial charge in [-0.05, 0) is 54.3 Å². The molecule has 5 rings (SSSR count). The zero-order chi connectivity index (χ0) is 22.1. The van der Waals surface area contributed by atoms with E-state index in [0.717, 1.165) is 11.1 Å². The Bertz CT molecular complexity index is 1190. The van der Waals surface area contributed by atoms with Crippen molar-refractivity contribution in [1.29, 1.82) is 0 Å². The van der Waals surface area contributed by atoms with Crippen LogP contribution in [0.3, 0.4) is 0 Å². The Morgan fingerprint density at radius 1 is 0.750 bits per heavy atom. The van der Waals surface area contributed by atoms with Gasteiger partial charge in [-0.15, -0.1) is 0 Å². The van der Waals surface area contributed by atoms with E-state index in [1.807, 2.05) is 54.6 Å². The van der Waals surface area contributed by atoms with Crippen LogP contribution in [0.5, 0.6) is 5.75 Å². The molecule has 1 aliphatic heterocycles. The van der Waals surface area contributed by atoms with E-state index < -0.39 is 5.97 Å². The first kappa shape index (κ1) is 19.9. The van der Waals surface area contributed by atoms with Gasteiger partial charge in [-0.2, -0.15) is 0 Å². The van der Waals surface area contributed by atoms with Crippen LogP contribution in [0, 0.1) is 11.8 Å². The summed E-state index contributed by atoms with van der Waals surface area (Å²) in [5, 5.41) is 0. The predicted molar refractivity (Wildman–Crippen MR) is 121 cm³/mol. The van der Waals surface area contributed by atoms with Gasteiger partial charge in [-0.25, -0.2) is 4.79 Å². The summed E-state index contributed by atoms with van der Waals surface area (Å²) in [5.41, 5.74) is 2.79. The smallest absolute Gasteiger partial charge is 0.343 e. The topological polar surface area (TPSA) is 63.7 Å². The molecule has 3 aromatic carbocycles. The number of amides is 2. The van der Waals surface area contributed by atoms with Crippen molar-refractivity contribution in [2.45, 2.75) is 12.8 Å². The van der Waals surface area contributed by atoms with Crippen LogP contribution in [0.15, 0.2) is 91.0 Å². The van der Waals surface area contributed by atoms with Crippen molar-refractivity contribution in [3.63, 3.8) is 0 Å². The highest BCUT2D eigenvalue weighted by Crippen LogP contribution is 2.37. The van der Waals surface area contributed by atoms with Gasteiger partial charge >= 0.3 is 5.97 Å². The van der Waals surface area contributed by atoms with E-state index in [1.165, 1.54) is 4.90 Å². The molecule has 0 aromatic heterocycles. The van der Waals surface area contributed by atoms with Gasteiger partial charge in [0.1, 0.15) is 5.75 Å². The lowest BCUT2D eigenvalue weighted by Crippen LogP contribution is -2.31. The molecule has 5 nitrogen and oxygen atoms in total. The number of benzene rings is 3. The van der Waals surface area contributed by atoms with Crippen LogP contribution in [0.25, 0.3) is 11.1 Å². The van der Waals surface area contributed by atoms with Gasteiger partial charge in [-0.3, -0.25) is 14.5 Å². The molecule has 0 radical (unpaired) electrons. The molecule has 158 valence electrons. The fourth-order valence-electron chi connectivity index (χ4n) is 4.34. The quantitative estimate of drug-likeness (QED) is 0.256. The minimum absolute atomic E-state index is 0.202. The number of nitrogens with zero attached hydrogens (tertiary/aromatic N) is 1. The average Bonchev–Trinajstić information content (AvgIpc) is 3.10. The molecule has 1 aliphatic carbocycles. The normalized spacial score (nSPS) is 19.7. The summed E-state index contributed by atoms with van der Waals surface area (Å²) >= 11 is 0. The van der Waals surface area contributed by atoms with Gasteiger partial charge in [0.05, 0.1) is 23.1 Å². The Hall–Kier alpha value is -3.99. The fraction of sp³-hybridized carbons (Fsp3) is 0.148. The third-order valence-corrected chi connectivity index (χ3v) is 6.02. The maximum absolute atomic E-state index is 12.8. The van der Waals surface area contributed by atoms with Crippen molar-refractivity contribution in [2.24, 2.45) is 11.8 Å². The Morgan fingerprint density at radius 3 is 2.03 bits per heavy atom. The molecule has 3 aromatic rings. The lowest BCUT2D eigenvalue weighted by molar-refractivity contribution is -0.122. The van der Waals surface area contributed by atoms with Crippen LogP contribution in [0.1, 0.15) is 23.2 Å². The molecule has 0 N–H and O–H groups in total. The summed E-state index contributed by atoms with van der Waals surface area (Å²) in [6.45, 7) is 0. The highest BCUT2D eigenvalue weighted by Gasteiger charge is 2.47. The number of fused-ring (bicyclic) bond motifs is 1. The molecular weight excluding hydrogens is 402 g/mol. The van der Waals surface area contributed by atoms with E-state index >= 15 is 0 Å². The van der Waals surface area contributed by atoms with Crippen LogP contribution in [-0.2, 0) is 9.59 Å². The molecule has 0 saturated carbocycles. The molecule has 1 heterocycles. The summed E-state index contributed by atoms with van der Waals surface area (Å²) in [4.78, 5) is 39.6. The highest BCUT2D eigenvalue weighted by atomic mass is 16.5. The SMILES string of the molecule is O=C(Oc1ccc(-c2ccccc2)cc1)c1cccc(N2C(=O)[C@@H]3CC=CC[C@H]3C2=O)c1. The Labute approximate surface area is 185 Å². The Morgan fingerprint density at radius 2 is 1.38 bits per heavy atom. The third-order valence-electron chi connectivity index (χ3n) is 6.02. The van der Waals surface area contributed by atoms with E-state index in [9.17, 15) is 14.4 Å². The number of hydrogen-bond donors (Lipinski definition) is 0. The van der Waals surface area contributed by atoms with Gasteiger partial charge < -0.3 is 4.74 Å². The maximum atomic E-state index is 12.8. The molecule has 1 fully saturated rings. The second-order valence-corrected chi connectivity index (χ2v) is 8.00. The van der Waals surface area contributed by atoms with Gasteiger partial charge in [0.2, 0.25) is 11.8 Å². The van der Waals surface area contributed by atoms with Crippen LogP contribution < -0.4 is 9.64 Å². The number of esters is 1. The third kappa shape index (κ3) is 3.62. The molecular formula is C27H21NO4. The van der Waals surface area contributed by atoms with Crippen LogP contribution in [0.2, 0.25) is 0 Å². The number of imide groups is 1. The van der Waals surface area contributed by atoms with E-state index in [1.54, 1.807) is 36.4 Å². The van der Waals surface area contributed by atoms with Crippen LogP contribution >= 0.6 is 0 Å². The summed E-state index contributed by atoms with van der Waals surface area (Å²) in [6, 6.07) is 23.7. The van der Waals surface area contributed by atoms with Crippen molar-refractivity contribution >= 4 is 23.5 Å². The zero-order valence-corrected chi connectivity index (χ0v) is 17.3. The first-order valence-electron chi connectivity index (χ1n) is 10.6. The van der Waals surface area contributed by atoms with Gasteiger partial charge in [0.15, 0.2) is 0 Å². The number of ether oxygens (including phenoxy) is 1. The molecule has 2 aliphatic rings. The van der Waals surface area contributed by atoms with Crippen molar-refractivity contribution in [1.82, 2.24) is 0 Å². The summed E-state index contributed by atoms with van der Waals surface area (Å²) in [6.07, 6.45) is 5.05. The molecule has 1 saturated heterocycles. The lowest BCUT2D eigenvalue weighted by Gasteiger charge is -2.15. The van der Waals surface area contributed by atoms with Gasteiger partial charge in [-0.1, -0.05) is 60.7 Å². The average molecular weight is 423 g/mol. The second kappa shape index (κ2) is 8.27. The number of rotatable bonds is 4. The monoisotopic (exact) mass is 423 g/mol. The maximum Gasteiger partial charge on any atom is 0.343 e. The largest absolute Gasteiger partial charge is 0.423 e. The first-order chi connectivity index (χ1) is 15.6. The van der Waals surface area contributed by atoms with Crippen molar-refractivity contribution in [2.75, 3.05) is 4.90 Å². The summed E-state index contributed by atoms with van der Waals surface area (Å²) in [7, 11) is 0. The number of hydrogen-bond acceptors (Lipinski definition) is 4. The summed E-state index contributed by atoms with van der Waals surface area (Å²) in [5.74, 6) is -1.15. The number of carbonyl (C=O) groups excluding carboxylic acids is 3. The molecule has 2 atom stereocenters. The number of anilines is 1. The molecule has 5 heteroatoms. The van der Waals surface area contributed by atoms with E-state index in [2.05, 4.69) is 0 Å². The zero-order valence-electron chi connectivity index (χ0n) is 17.3. The molecule has 2 amide bonds. The van der Waals surface area contributed by atoms with E-state index in [4.69, 9.17) is 4.74 Å². The van der Waals surface area contributed by atoms with E-state index in [-0.39, 0.29) is 29.2 Å². The number of allylic oxidation sites excluding steroid dienone is 2. The molecule has 32 heavy (non-hydrogen) atoms. The minimum atomic E-state index is -0.544. The van der Waals surface area contributed by atoms with Crippen molar-refractivity contribution in [3.05, 3.63) is 96.6 Å². The fourth-order valence-corrected chi connectivity index (χ4v) is 4.34. The van der Waals surface area contributed by atoms with Crippen molar-refractivity contribution < 1.29 is 19.1 Å². The summed E-state index contributed by atoms with van der Waals surface area (Å²) < 4.78 is 5.52. The highest BCUT2D eigenvalue weighted by molar-refractivity contribution is 6.22.